The lowest BCUT2D eigenvalue weighted by molar-refractivity contribution is -0.167. The third-order valence-corrected chi connectivity index (χ3v) is 12.0. The van der Waals surface area contributed by atoms with Crippen LogP contribution in [0.25, 0.3) is 0 Å². The highest BCUT2D eigenvalue weighted by Crippen LogP contribution is 2.16. The fourth-order valence-electron chi connectivity index (χ4n) is 7.83. The Morgan fingerprint density at radius 2 is 0.615 bits per heavy atom. The Kier molecular flexibility index (Phi) is 51.3. The van der Waals surface area contributed by atoms with E-state index in [-0.39, 0.29) is 31.1 Å². The van der Waals surface area contributed by atoms with Crippen molar-refractivity contribution in [2.24, 2.45) is 0 Å². The van der Waals surface area contributed by atoms with Crippen LogP contribution in [0, 0.1) is 0 Å². The van der Waals surface area contributed by atoms with Crippen LogP contribution in [0.1, 0.15) is 278 Å². The zero-order valence-corrected chi connectivity index (χ0v) is 43.0. The highest BCUT2D eigenvalue weighted by molar-refractivity contribution is 5.71. The maximum atomic E-state index is 12.8. The van der Waals surface area contributed by atoms with Crippen molar-refractivity contribution < 1.29 is 28.6 Å². The standard InChI is InChI=1S/C59H104O6/c1-4-7-10-13-16-19-22-25-28-30-32-34-37-40-43-46-49-52-58(61)64-55-56(54-63-57(60)51-48-45-42-39-36-33-27-24-21-18-15-12-9-6-3)65-59(62)53-50-47-44-41-38-35-31-29-26-23-20-17-14-11-8-5-2/h7,10,15-16,18-19,24-25,27-28,56H,4-6,8-9,11-14,17,20-23,26,29-55H2,1-3H3/b10-7-,18-15-,19-16-,27-24-,28-25-. The summed E-state index contributed by atoms with van der Waals surface area (Å²) in [7, 11) is 0. The van der Waals surface area contributed by atoms with Gasteiger partial charge < -0.3 is 14.2 Å². The maximum absolute atomic E-state index is 12.8. The molecule has 1 unspecified atom stereocenters. The van der Waals surface area contributed by atoms with Gasteiger partial charge in [-0.15, -0.1) is 0 Å². The summed E-state index contributed by atoms with van der Waals surface area (Å²) in [5.74, 6) is -0.894. The molecule has 0 bridgehead atoms. The molecule has 0 aliphatic heterocycles. The predicted molar refractivity (Wildman–Crippen MR) is 279 cm³/mol. The van der Waals surface area contributed by atoms with Crippen LogP contribution in [-0.4, -0.2) is 37.2 Å². The normalized spacial score (nSPS) is 12.5. The van der Waals surface area contributed by atoms with Crippen LogP contribution in [0.3, 0.4) is 0 Å². The molecule has 6 heteroatoms. The van der Waals surface area contributed by atoms with Gasteiger partial charge >= 0.3 is 17.9 Å². The van der Waals surface area contributed by atoms with Crippen molar-refractivity contribution in [3.63, 3.8) is 0 Å². The van der Waals surface area contributed by atoms with Gasteiger partial charge in [0.25, 0.3) is 0 Å². The van der Waals surface area contributed by atoms with E-state index < -0.39 is 6.10 Å². The molecule has 0 aliphatic rings. The van der Waals surface area contributed by atoms with Crippen molar-refractivity contribution in [1.29, 1.82) is 0 Å². The number of ether oxygens (including phenoxy) is 3. The molecule has 0 N–H and O–H groups in total. The molecule has 0 aliphatic carbocycles. The average Bonchev–Trinajstić information content (AvgIpc) is 3.30. The Bertz CT molecular complexity index is 1180. The lowest BCUT2D eigenvalue weighted by Crippen LogP contribution is -2.30. The first-order valence-electron chi connectivity index (χ1n) is 27.8. The van der Waals surface area contributed by atoms with Crippen LogP contribution in [0.4, 0.5) is 0 Å². The number of unbranched alkanes of at least 4 members (excludes halogenated alkanes) is 29. The number of hydrogen-bond acceptors (Lipinski definition) is 6. The van der Waals surface area contributed by atoms with Crippen molar-refractivity contribution in [3.8, 4) is 0 Å². The van der Waals surface area contributed by atoms with Gasteiger partial charge in [0.05, 0.1) is 0 Å². The van der Waals surface area contributed by atoms with E-state index >= 15 is 0 Å². The number of carbonyl (C=O) groups excluding carboxylic acids is 3. The molecule has 0 radical (unpaired) electrons. The second kappa shape index (κ2) is 53.7. The number of hydrogen-bond donors (Lipinski definition) is 0. The van der Waals surface area contributed by atoms with E-state index in [9.17, 15) is 14.4 Å². The summed E-state index contributed by atoms with van der Waals surface area (Å²) in [6.07, 6.45) is 66.3. The molecule has 376 valence electrons. The third-order valence-electron chi connectivity index (χ3n) is 12.0. The van der Waals surface area contributed by atoms with E-state index in [1.165, 1.54) is 135 Å². The molecule has 0 spiro atoms. The minimum Gasteiger partial charge on any atom is -0.462 e. The van der Waals surface area contributed by atoms with Gasteiger partial charge in [-0.25, -0.2) is 0 Å². The summed E-state index contributed by atoms with van der Waals surface area (Å²) in [4.78, 5) is 38.1. The van der Waals surface area contributed by atoms with E-state index in [1.807, 2.05) is 0 Å². The first kappa shape index (κ1) is 62.1. The van der Waals surface area contributed by atoms with Gasteiger partial charge in [-0.1, -0.05) is 242 Å². The Morgan fingerprint density at radius 3 is 0.985 bits per heavy atom. The Balaban J connectivity index is 4.39. The molecule has 1 atom stereocenters. The van der Waals surface area contributed by atoms with Gasteiger partial charge in [0.1, 0.15) is 13.2 Å². The number of carbonyl (C=O) groups is 3. The van der Waals surface area contributed by atoms with Gasteiger partial charge in [-0.05, 0) is 77.0 Å². The van der Waals surface area contributed by atoms with Crippen molar-refractivity contribution in [3.05, 3.63) is 60.8 Å². The smallest absolute Gasteiger partial charge is 0.306 e. The van der Waals surface area contributed by atoms with Crippen LogP contribution >= 0.6 is 0 Å². The number of rotatable bonds is 50. The molecule has 0 heterocycles. The van der Waals surface area contributed by atoms with Gasteiger partial charge in [-0.2, -0.15) is 0 Å². The van der Waals surface area contributed by atoms with E-state index in [4.69, 9.17) is 14.2 Å². The van der Waals surface area contributed by atoms with Crippen LogP contribution in [-0.2, 0) is 28.6 Å². The predicted octanol–water partition coefficient (Wildman–Crippen LogP) is 18.4. The highest BCUT2D eigenvalue weighted by atomic mass is 16.6. The van der Waals surface area contributed by atoms with E-state index in [2.05, 4.69) is 81.5 Å². The quantitative estimate of drug-likeness (QED) is 0.0262. The Labute approximate surface area is 402 Å². The average molecular weight is 909 g/mol. The van der Waals surface area contributed by atoms with Crippen molar-refractivity contribution >= 4 is 17.9 Å². The molecule has 0 rings (SSSR count). The zero-order chi connectivity index (χ0) is 47.2. The SMILES string of the molecule is CC/C=C\C/C=C\C/C=C\CCCCCCCCCC(=O)OCC(COC(=O)CCCCCCC/C=C\C/C=C\CCCC)OC(=O)CCCCCCCCCCCCCCCCCC. The maximum Gasteiger partial charge on any atom is 0.306 e. The van der Waals surface area contributed by atoms with Gasteiger partial charge in [0, 0.05) is 19.3 Å². The van der Waals surface area contributed by atoms with E-state index in [1.54, 1.807) is 0 Å². The monoisotopic (exact) mass is 909 g/mol. The van der Waals surface area contributed by atoms with Crippen LogP contribution < -0.4 is 0 Å². The Morgan fingerprint density at radius 1 is 0.323 bits per heavy atom. The molecule has 0 aromatic heterocycles. The van der Waals surface area contributed by atoms with Gasteiger partial charge in [0.15, 0.2) is 6.10 Å². The summed E-state index contributed by atoms with van der Waals surface area (Å²) in [6, 6.07) is 0. The zero-order valence-electron chi connectivity index (χ0n) is 43.0. The van der Waals surface area contributed by atoms with Crippen LogP contribution in [0.2, 0.25) is 0 Å². The first-order chi connectivity index (χ1) is 32.0. The molecular weight excluding hydrogens is 805 g/mol. The van der Waals surface area contributed by atoms with Crippen LogP contribution in [0.15, 0.2) is 60.8 Å². The van der Waals surface area contributed by atoms with Gasteiger partial charge in [-0.3, -0.25) is 14.4 Å². The number of esters is 3. The summed E-state index contributed by atoms with van der Waals surface area (Å²) in [6.45, 7) is 6.49. The molecule has 0 fully saturated rings. The summed E-state index contributed by atoms with van der Waals surface area (Å²) >= 11 is 0. The van der Waals surface area contributed by atoms with E-state index in [0.29, 0.717) is 19.3 Å². The first-order valence-corrected chi connectivity index (χ1v) is 27.8. The fraction of sp³-hybridized carbons (Fsp3) is 0.780. The van der Waals surface area contributed by atoms with Crippen molar-refractivity contribution in [2.75, 3.05) is 13.2 Å². The minimum absolute atomic E-state index is 0.0819. The minimum atomic E-state index is -0.782. The largest absolute Gasteiger partial charge is 0.462 e. The molecular formula is C59H104O6. The topological polar surface area (TPSA) is 78.9 Å². The molecule has 0 saturated carbocycles. The third kappa shape index (κ3) is 51.9. The Hall–Kier alpha value is -2.89. The summed E-state index contributed by atoms with van der Waals surface area (Å²) < 4.78 is 16.8. The van der Waals surface area contributed by atoms with E-state index in [0.717, 1.165) is 103 Å². The number of allylic oxidation sites excluding steroid dienone is 10. The molecule has 0 saturated heterocycles. The van der Waals surface area contributed by atoms with Crippen LogP contribution in [0.5, 0.6) is 0 Å². The molecule has 0 aromatic rings. The highest BCUT2D eigenvalue weighted by Gasteiger charge is 2.19. The van der Waals surface area contributed by atoms with Crippen molar-refractivity contribution in [1.82, 2.24) is 0 Å². The molecule has 65 heavy (non-hydrogen) atoms. The van der Waals surface area contributed by atoms with Gasteiger partial charge in [0.2, 0.25) is 0 Å². The molecule has 0 amide bonds. The second-order valence-electron chi connectivity index (χ2n) is 18.5. The lowest BCUT2D eigenvalue weighted by atomic mass is 10.0. The molecule has 0 aromatic carbocycles. The lowest BCUT2D eigenvalue weighted by Gasteiger charge is -2.18. The second-order valence-corrected chi connectivity index (χ2v) is 18.5. The fourth-order valence-corrected chi connectivity index (χ4v) is 7.83. The summed E-state index contributed by atoms with van der Waals surface area (Å²) in [5.41, 5.74) is 0. The summed E-state index contributed by atoms with van der Waals surface area (Å²) in [5, 5.41) is 0. The van der Waals surface area contributed by atoms with Crippen molar-refractivity contribution in [2.45, 2.75) is 284 Å². The molecule has 6 nitrogen and oxygen atoms in total.